The third kappa shape index (κ3) is 9.92. The molecule has 0 saturated carbocycles. The maximum Gasteiger partial charge on any atom is 0.490 e. The van der Waals surface area contributed by atoms with Crippen LogP contribution in [0.5, 0.6) is 0 Å². The Morgan fingerprint density at radius 1 is 1.15 bits per heavy atom. The first kappa shape index (κ1) is 29.2. The second-order valence-electron chi connectivity index (χ2n) is 7.67. The molecule has 2 saturated heterocycles. The number of halogens is 4. The van der Waals surface area contributed by atoms with E-state index in [4.69, 9.17) is 25.5 Å². The zero-order valence-corrected chi connectivity index (χ0v) is 18.6. The maximum atomic E-state index is 12.8. The molecule has 0 bridgehead atoms. The number of nitrogens with zero attached hydrogens (tertiary/aromatic N) is 1. The lowest BCUT2D eigenvalue weighted by molar-refractivity contribution is -0.192. The lowest BCUT2D eigenvalue weighted by Crippen LogP contribution is -2.51. The number of nitrogens with one attached hydrogen (secondary N) is 1. The normalized spacial score (nSPS) is 23.5. The summed E-state index contributed by atoms with van der Waals surface area (Å²) in [6.45, 7) is 1.19. The molecule has 0 aromatic heterocycles. The van der Waals surface area contributed by atoms with Crippen molar-refractivity contribution in [3.05, 3.63) is 11.9 Å². The highest BCUT2D eigenvalue weighted by Crippen LogP contribution is 2.26. The van der Waals surface area contributed by atoms with E-state index in [1.807, 2.05) is 0 Å². The van der Waals surface area contributed by atoms with Crippen LogP contribution in [-0.4, -0.2) is 85.3 Å². The third-order valence-corrected chi connectivity index (χ3v) is 7.60. The van der Waals surface area contributed by atoms with Crippen molar-refractivity contribution in [2.45, 2.75) is 49.8 Å². The molecule has 2 aliphatic heterocycles. The Kier molecular flexibility index (Phi) is 11.7. The molecule has 192 valence electrons. The summed E-state index contributed by atoms with van der Waals surface area (Å²) < 4.78 is 76.8. The van der Waals surface area contributed by atoms with Crippen molar-refractivity contribution < 1.29 is 50.5 Å². The Bertz CT molecular complexity index is 776. The van der Waals surface area contributed by atoms with Gasteiger partial charge < -0.3 is 20.7 Å². The Morgan fingerprint density at radius 3 is 2.12 bits per heavy atom. The fourth-order valence-electron chi connectivity index (χ4n) is 3.37. The number of alkyl halides is 3. The standard InChI is InChI=1S/C16H28FN3O5S.C2HF3O2/c17-8-13(9-18)11-25-15-2-1-14(10-19-15)26(23,24)20-5-3-12(4-6-20)7-16(21)22;3-2(4,5)1(6)7/h8,12,14-15,19H,1-7,9-11,18H2,(H,21,22);(H,6,7)/b13-8+;. The van der Waals surface area contributed by atoms with Crippen molar-refractivity contribution in [2.24, 2.45) is 11.7 Å². The van der Waals surface area contributed by atoms with Gasteiger partial charge in [-0.1, -0.05) is 0 Å². The van der Waals surface area contributed by atoms with Gasteiger partial charge >= 0.3 is 18.1 Å². The number of carbonyl (C=O) groups is 2. The molecule has 2 aliphatic rings. The number of piperidine rings is 2. The predicted octanol–water partition coefficient (Wildman–Crippen LogP) is 1.04. The van der Waals surface area contributed by atoms with E-state index >= 15 is 0 Å². The lowest BCUT2D eigenvalue weighted by atomic mass is 9.95. The highest BCUT2D eigenvalue weighted by molar-refractivity contribution is 7.89. The minimum atomic E-state index is -5.08. The summed E-state index contributed by atoms with van der Waals surface area (Å²) >= 11 is 0. The van der Waals surface area contributed by atoms with E-state index in [0.717, 1.165) is 0 Å². The molecule has 0 spiro atoms. The van der Waals surface area contributed by atoms with Crippen molar-refractivity contribution >= 4 is 22.0 Å². The molecule has 0 amide bonds. The van der Waals surface area contributed by atoms with E-state index < -0.39 is 33.4 Å². The molecule has 0 aliphatic carbocycles. The number of sulfonamides is 1. The van der Waals surface area contributed by atoms with E-state index in [9.17, 15) is 30.8 Å². The topological polar surface area (TPSA) is 159 Å². The van der Waals surface area contributed by atoms with Crippen molar-refractivity contribution in [2.75, 3.05) is 32.8 Å². The molecule has 15 heteroatoms. The minimum absolute atomic E-state index is 0.0431. The van der Waals surface area contributed by atoms with Crippen LogP contribution in [0.3, 0.4) is 0 Å². The summed E-state index contributed by atoms with van der Waals surface area (Å²) in [7, 11) is -3.42. The van der Waals surface area contributed by atoms with Crippen LogP contribution >= 0.6 is 0 Å². The SMILES string of the molecule is NC/C(=C\F)COC1CCC(S(=O)(=O)N2CCC(CC(=O)O)CC2)CN1.O=C(O)C(F)(F)F. The van der Waals surface area contributed by atoms with E-state index in [1.54, 1.807) is 0 Å². The number of aliphatic carboxylic acids is 2. The smallest absolute Gasteiger partial charge is 0.481 e. The number of carboxylic acid groups (broad SMARTS) is 2. The van der Waals surface area contributed by atoms with Gasteiger partial charge in [-0.3, -0.25) is 10.1 Å². The fraction of sp³-hybridized carbons (Fsp3) is 0.778. The van der Waals surface area contributed by atoms with Gasteiger partial charge in [0.15, 0.2) is 0 Å². The molecule has 2 rings (SSSR count). The van der Waals surface area contributed by atoms with Crippen LogP contribution in [0.2, 0.25) is 0 Å². The number of rotatable bonds is 8. The predicted molar refractivity (Wildman–Crippen MR) is 108 cm³/mol. The van der Waals surface area contributed by atoms with Gasteiger partial charge in [0, 0.05) is 32.6 Å². The number of hydrogen-bond acceptors (Lipinski definition) is 7. The van der Waals surface area contributed by atoms with Crippen molar-refractivity contribution in [1.82, 2.24) is 9.62 Å². The van der Waals surface area contributed by atoms with Gasteiger partial charge in [-0.15, -0.1) is 0 Å². The van der Waals surface area contributed by atoms with Crippen LogP contribution in [0.4, 0.5) is 17.6 Å². The van der Waals surface area contributed by atoms with Crippen molar-refractivity contribution in [3.63, 3.8) is 0 Å². The number of nitrogens with two attached hydrogens (primary N) is 1. The highest BCUT2D eigenvalue weighted by atomic mass is 32.2. The zero-order chi connectivity index (χ0) is 25.2. The van der Waals surface area contributed by atoms with E-state index in [-0.39, 0.29) is 38.3 Å². The molecule has 5 N–H and O–H groups in total. The molecule has 0 aromatic rings. The average molecular weight is 508 g/mol. The minimum Gasteiger partial charge on any atom is -0.481 e. The second kappa shape index (κ2) is 13.2. The maximum absolute atomic E-state index is 12.8. The summed E-state index contributed by atoms with van der Waals surface area (Å²) in [6.07, 6.45) is -2.73. The number of carboxylic acids is 2. The Hall–Kier alpha value is -1.81. The average Bonchev–Trinajstić information content (AvgIpc) is 2.74. The van der Waals surface area contributed by atoms with Gasteiger partial charge in [-0.2, -0.15) is 13.2 Å². The summed E-state index contributed by atoms with van der Waals surface area (Å²) in [5.41, 5.74) is 5.72. The van der Waals surface area contributed by atoms with Gasteiger partial charge in [0.25, 0.3) is 0 Å². The Balaban J connectivity index is 0.000000675. The monoisotopic (exact) mass is 507 g/mol. The summed E-state index contributed by atoms with van der Waals surface area (Å²) in [6, 6.07) is 0. The summed E-state index contributed by atoms with van der Waals surface area (Å²) in [5, 5.41) is 18.5. The van der Waals surface area contributed by atoms with Gasteiger partial charge in [-0.05, 0) is 37.2 Å². The molecular weight excluding hydrogens is 478 g/mol. The first-order chi connectivity index (χ1) is 15.3. The van der Waals surface area contributed by atoms with Crippen LogP contribution in [0.25, 0.3) is 0 Å². The Morgan fingerprint density at radius 2 is 1.73 bits per heavy atom. The summed E-state index contributed by atoms with van der Waals surface area (Å²) in [4.78, 5) is 19.7. The molecular formula is C18H29F4N3O7S. The molecule has 2 unspecified atom stereocenters. The molecule has 2 fully saturated rings. The van der Waals surface area contributed by atoms with Crippen LogP contribution < -0.4 is 11.1 Å². The van der Waals surface area contributed by atoms with Gasteiger partial charge in [0.05, 0.1) is 18.2 Å². The van der Waals surface area contributed by atoms with Gasteiger partial charge in [0.2, 0.25) is 10.0 Å². The lowest BCUT2D eigenvalue weighted by Gasteiger charge is -2.36. The van der Waals surface area contributed by atoms with Crippen molar-refractivity contribution in [3.8, 4) is 0 Å². The molecule has 2 atom stereocenters. The first-order valence-corrected chi connectivity index (χ1v) is 11.7. The number of ether oxygens (including phenoxy) is 1. The van der Waals surface area contributed by atoms with Gasteiger partial charge in [0.1, 0.15) is 6.23 Å². The van der Waals surface area contributed by atoms with Gasteiger partial charge in [-0.25, -0.2) is 21.9 Å². The molecule has 0 radical (unpaired) electrons. The van der Waals surface area contributed by atoms with Crippen LogP contribution in [-0.2, 0) is 24.3 Å². The molecule has 10 nitrogen and oxygen atoms in total. The molecule has 2 heterocycles. The highest BCUT2D eigenvalue weighted by Gasteiger charge is 2.38. The van der Waals surface area contributed by atoms with Crippen LogP contribution in [0.15, 0.2) is 11.9 Å². The summed E-state index contributed by atoms with van der Waals surface area (Å²) in [5.74, 6) is -3.55. The zero-order valence-electron chi connectivity index (χ0n) is 17.8. The van der Waals surface area contributed by atoms with E-state index in [2.05, 4.69) is 5.32 Å². The molecule has 0 aromatic carbocycles. The van der Waals surface area contributed by atoms with Crippen LogP contribution in [0, 0.1) is 5.92 Å². The molecule has 33 heavy (non-hydrogen) atoms. The van der Waals surface area contributed by atoms with E-state index in [0.29, 0.717) is 50.7 Å². The first-order valence-electron chi connectivity index (χ1n) is 10.1. The third-order valence-electron chi connectivity index (χ3n) is 5.27. The Labute approximate surface area is 188 Å². The quantitative estimate of drug-likeness (QED) is 0.352. The fourth-order valence-corrected chi connectivity index (χ4v) is 5.25. The number of hydrogen-bond donors (Lipinski definition) is 4. The van der Waals surface area contributed by atoms with Crippen LogP contribution in [0.1, 0.15) is 32.1 Å². The second-order valence-corrected chi connectivity index (χ2v) is 9.88. The van der Waals surface area contributed by atoms with E-state index in [1.165, 1.54) is 4.31 Å². The largest absolute Gasteiger partial charge is 0.490 e. The van der Waals surface area contributed by atoms with Crippen molar-refractivity contribution in [1.29, 1.82) is 0 Å².